The summed E-state index contributed by atoms with van der Waals surface area (Å²) in [5.74, 6) is -2.45. The Hall–Kier alpha value is -2.62. The normalized spacial score (nSPS) is 18.1. The number of benzene rings is 3. The molecular formula is C25H15Cl4FN2O2. The number of Topliss-reactive ketones (excluding diaryl/α,β-unsaturated/α-hetero) is 1. The van der Waals surface area contributed by atoms with Crippen LogP contribution in [0.4, 0.5) is 10.1 Å². The number of anilines is 1. The molecule has 1 amide bonds. The lowest BCUT2D eigenvalue weighted by Gasteiger charge is -2.08. The van der Waals surface area contributed by atoms with Gasteiger partial charge in [-0.2, -0.15) is 5.26 Å². The summed E-state index contributed by atoms with van der Waals surface area (Å²) in [6.07, 6.45) is -0.0882. The summed E-state index contributed by atoms with van der Waals surface area (Å²) >= 11 is 24.8. The summed E-state index contributed by atoms with van der Waals surface area (Å²) in [5.41, 5.74) is 1.92. The molecule has 1 aliphatic rings. The van der Waals surface area contributed by atoms with Gasteiger partial charge in [0.15, 0.2) is 5.78 Å². The van der Waals surface area contributed by atoms with E-state index in [9.17, 15) is 19.2 Å². The van der Waals surface area contributed by atoms with E-state index in [0.717, 1.165) is 6.07 Å². The van der Waals surface area contributed by atoms with Crippen LogP contribution < -0.4 is 5.32 Å². The molecule has 0 saturated heterocycles. The standard InChI is InChI=1S/C25H15Cl4FN2O2/c26-19-7-5-15(10-20(19)27)22-23(25(22,28)29)24(34)32-18-3-1-2-14(9-18)21(33)11-13-4-6-17(30)8-16(13)12-31/h1-10,22-23H,11H2,(H,32,34). The molecule has 3 aromatic carbocycles. The first-order valence-electron chi connectivity index (χ1n) is 10.1. The Morgan fingerprint density at radius 1 is 1.03 bits per heavy atom. The summed E-state index contributed by atoms with van der Waals surface area (Å²) in [5, 5.41) is 12.7. The molecular weight excluding hydrogens is 521 g/mol. The molecule has 34 heavy (non-hydrogen) atoms. The lowest BCUT2D eigenvalue weighted by molar-refractivity contribution is -0.117. The highest BCUT2D eigenvalue weighted by Crippen LogP contribution is 2.65. The minimum Gasteiger partial charge on any atom is -0.326 e. The molecule has 0 aliphatic heterocycles. The van der Waals surface area contributed by atoms with Crippen molar-refractivity contribution in [1.29, 1.82) is 5.26 Å². The average molecular weight is 536 g/mol. The van der Waals surface area contributed by atoms with E-state index in [1.165, 1.54) is 18.2 Å². The lowest BCUT2D eigenvalue weighted by atomic mass is 9.99. The van der Waals surface area contributed by atoms with Gasteiger partial charge in [-0.05, 0) is 47.5 Å². The van der Waals surface area contributed by atoms with Crippen LogP contribution in [0.25, 0.3) is 0 Å². The predicted octanol–water partition coefficient (Wildman–Crippen LogP) is 6.96. The molecule has 0 heterocycles. The Kier molecular flexibility index (Phi) is 6.89. The maximum Gasteiger partial charge on any atom is 0.231 e. The first-order chi connectivity index (χ1) is 16.1. The average Bonchev–Trinajstić information content (AvgIpc) is 3.38. The number of nitriles is 1. The van der Waals surface area contributed by atoms with Gasteiger partial charge in [-0.15, -0.1) is 23.2 Å². The van der Waals surface area contributed by atoms with Crippen molar-refractivity contribution in [3.63, 3.8) is 0 Å². The molecule has 1 N–H and O–H groups in total. The molecule has 1 saturated carbocycles. The van der Waals surface area contributed by atoms with Crippen LogP contribution in [-0.2, 0) is 11.2 Å². The Labute approximate surface area is 215 Å². The van der Waals surface area contributed by atoms with Crippen molar-refractivity contribution in [2.24, 2.45) is 5.92 Å². The van der Waals surface area contributed by atoms with Gasteiger partial charge in [0.25, 0.3) is 0 Å². The van der Waals surface area contributed by atoms with E-state index in [-0.39, 0.29) is 17.8 Å². The van der Waals surface area contributed by atoms with Crippen molar-refractivity contribution in [2.75, 3.05) is 5.32 Å². The van der Waals surface area contributed by atoms with E-state index in [0.29, 0.717) is 32.4 Å². The molecule has 0 radical (unpaired) electrons. The van der Waals surface area contributed by atoms with E-state index in [1.54, 1.807) is 36.4 Å². The number of hydrogen-bond donors (Lipinski definition) is 1. The van der Waals surface area contributed by atoms with E-state index < -0.39 is 27.9 Å². The van der Waals surface area contributed by atoms with Crippen LogP contribution in [0.3, 0.4) is 0 Å². The zero-order valence-electron chi connectivity index (χ0n) is 17.3. The van der Waals surface area contributed by atoms with Gasteiger partial charge < -0.3 is 5.32 Å². The van der Waals surface area contributed by atoms with Crippen LogP contribution in [0.1, 0.15) is 33.0 Å². The Morgan fingerprint density at radius 2 is 1.79 bits per heavy atom. The molecule has 172 valence electrons. The van der Waals surface area contributed by atoms with E-state index >= 15 is 0 Å². The zero-order valence-corrected chi connectivity index (χ0v) is 20.3. The molecule has 1 fully saturated rings. The number of alkyl halides is 2. The molecule has 1 aliphatic carbocycles. The van der Waals surface area contributed by atoms with Crippen molar-refractivity contribution in [3.8, 4) is 6.07 Å². The monoisotopic (exact) mass is 534 g/mol. The van der Waals surface area contributed by atoms with Crippen molar-refractivity contribution in [1.82, 2.24) is 0 Å². The summed E-state index contributed by atoms with van der Waals surface area (Å²) in [6, 6.07) is 16.9. The molecule has 0 aromatic heterocycles. The van der Waals surface area contributed by atoms with Crippen molar-refractivity contribution in [2.45, 2.75) is 16.7 Å². The summed E-state index contributed by atoms with van der Waals surface area (Å²) in [4.78, 5) is 25.7. The van der Waals surface area contributed by atoms with Crippen LogP contribution in [0.5, 0.6) is 0 Å². The molecule has 4 nitrogen and oxygen atoms in total. The minimum absolute atomic E-state index is 0.0882. The maximum atomic E-state index is 13.4. The second-order valence-electron chi connectivity index (χ2n) is 7.89. The van der Waals surface area contributed by atoms with Gasteiger partial charge in [-0.3, -0.25) is 9.59 Å². The number of nitrogens with one attached hydrogen (secondary N) is 1. The number of carbonyl (C=O) groups is 2. The molecule has 0 bridgehead atoms. The summed E-state index contributed by atoms with van der Waals surface area (Å²) in [7, 11) is 0. The highest BCUT2D eigenvalue weighted by Gasteiger charge is 2.67. The predicted molar refractivity (Wildman–Crippen MR) is 131 cm³/mol. The quantitative estimate of drug-likeness (QED) is 0.274. The number of halogens is 5. The molecule has 9 heteroatoms. The number of hydrogen-bond acceptors (Lipinski definition) is 3. The number of amides is 1. The van der Waals surface area contributed by atoms with Crippen LogP contribution in [0.2, 0.25) is 10.0 Å². The highest BCUT2D eigenvalue weighted by molar-refractivity contribution is 6.53. The van der Waals surface area contributed by atoms with Gasteiger partial charge in [-0.25, -0.2) is 4.39 Å². The second-order valence-corrected chi connectivity index (χ2v) is 10.1. The number of rotatable bonds is 6. The van der Waals surface area contributed by atoms with Crippen molar-refractivity contribution in [3.05, 3.63) is 98.8 Å². The van der Waals surface area contributed by atoms with Crippen LogP contribution in [0, 0.1) is 23.1 Å². The third-order valence-electron chi connectivity index (χ3n) is 5.63. The van der Waals surface area contributed by atoms with E-state index in [1.807, 2.05) is 6.07 Å². The largest absolute Gasteiger partial charge is 0.326 e. The van der Waals surface area contributed by atoms with Crippen LogP contribution in [-0.4, -0.2) is 16.0 Å². The highest BCUT2D eigenvalue weighted by atomic mass is 35.5. The van der Waals surface area contributed by atoms with E-state index in [2.05, 4.69) is 5.32 Å². The second kappa shape index (κ2) is 9.56. The lowest BCUT2D eigenvalue weighted by Crippen LogP contribution is -2.17. The Balaban J connectivity index is 1.48. The molecule has 0 spiro atoms. The van der Waals surface area contributed by atoms with Gasteiger partial charge >= 0.3 is 0 Å². The van der Waals surface area contributed by atoms with Crippen LogP contribution in [0.15, 0.2) is 60.7 Å². The molecule has 4 rings (SSSR count). The zero-order chi connectivity index (χ0) is 24.6. The van der Waals surface area contributed by atoms with E-state index in [4.69, 9.17) is 46.4 Å². The number of ketones is 1. The van der Waals surface area contributed by atoms with Gasteiger partial charge in [0.05, 0.1) is 27.6 Å². The smallest absolute Gasteiger partial charge is 0.231 e. The molecule has 2 atom stereocenters. The fourth-order valence-corrected chi connectivity index (χ4v) is 4.98. The van der Waals surface area contributed by atoms with Gasteiger partial charge in [0, 0.05) is 23.6 Å². The van der Waals surface area contributed by atoms with Gasteiger partial charge in [0.1, 0.15) is 10.2 Å². The first-order valence-corrected chi connectivity index (χ1v) is 11.6. The topological polar surface area (TPSA) is 70.0 Å². The fourth-order valence-electron chi connectivity index (χ4n) is 3.85. The summed E-state index contributed by atoms with van der Waals surface area (Å²) < 4.78 is 12.0. The summed E-state index contributed by atoms with van der Waals surface area (Å²) in [6.45, 7) is 0. The van der Waals surface area contributed by atoms with Crippen molar-refractivity contribution >= 4 is 63.8 Å². The Morgan fingerprint density at radius 3 is 2.50 bits per heavy atom. The number of carbonyl (C=O) groups excluding carboxylic acids is 2. The van der Waals surface area contributed by atoms with Crippen LogP contribution >= 0.6 is 46.4 Å². The van der Waals surface area contributed by atoms with Crippen molar-refractivity contribution < 1.29 is 14.0 Å². The third kappa shape index (κ3) is 4.92. The third-order valence-corrected chi connectivity index (χ3v) is 7.31. The minimum atomic E-state index is -1.31. The maximum absolute atomic E-state index is 13.4. The Bertz CT molecular complexity index is 1350. The SMILES string of the molecule is N#Cc1cc(F)ccc1CC(=O)c1cccc(NC(=O)C2C(c3ccc(Cl)c(Cl)c3)C2(Cl)Cl)c1. The molecule has 3 aromatic rings. The van der Waals surface area contributed by atoms with Gasteiger partial charge in [0.2, 0.25) is 5.91 Å². The molecule has 2 unspecified atom stereocenters. The fraction of sp³-hybridized carbons (Fsp3) is 0.160. The number of nitrogens with zero attached hydrogens (tertiary/aromatic N) is 1. The first kappa shape index (κ1) is 24.5. The van der Waals surface area contributed by atoms with Gasteiger partial charge in [-0.1, -0.05) is 47.5 Å².